The van der Waals surface area contributed by atoms with Crippen LogP contribution < -0.4 is 10.6 Å². The second-order valence-corrected chi connectivity index (χ2v) is 6.62. The molecule has 3 rings (SSSR count). The maximum atomic E-state index is 12.1. The minimum absolute atomic E-state index is 0.0546. The molecule has 5 nitrogen and oxygen atoms in total. The number of carbonyl (C=O) groups excluding carboxylic acids is 1. The van der Waals surface area contributed by atoms with Crippen molar-refractivity contribution in [3.05, 3.63) is 52.0 Å². The van der Waals surface area contributed by atoms with Crippen molar-refractivity contribution in [3.63, 3.8) is 0 Å². The second-order valence-electron chi connectivity index (χ2n) is 5.68. The third-order valence-corrected chi connectivity index (χ3v) is 4.98. The molecule has 1 aliphatic heterocycles. The van der Waals surface area contributed by atoms with E-state index in [1.54, 1.807) is 16.8 Å². The molecule has 1 aromatic carbocycles. The molecule has 0 aliphatic carbocycles. The highest BCUT2D eigenvalue weighted by atomic mass is 32.1. The monoisotopic (exact) mass is 331 g/mol. The number of urea groups is 1. The van der Waals surface area contributed by atoms with E-state index in [2.05, 4.69) is 27.8 Å². The lowest BCUT2D eigenvalue weighted by atomic mass is 9.97. The molecule has 122 valence electrons. The van der Waals surface area contributed by atoms with Gasteiger partial charge in [-0.25, -0.2) is 9.78 Å². The number of hydrogen-bond donors (Lipinski definition) is 2. The van der Waals surface area contributed by atoms with E-state index in [9.17, 15) is 4.79 Å². The van der Waals surface area contributed by atoms with Crippen LogP contribution in [0.5, 0.6) is 0 Å². The van der Waals surface area contributed by atoms with E-state index >= 15 is 0 Å². The van der Waals surface area contributed by atoms with Crippen LogP contribution in [-0.2, 0) is 11.3 Å². The second kappa shape index (κ2) is 7.57. The van der Waals surface area contributed by atoms with Crippen molar-refractivity contribution in [2.24, 2.45) is 0 Å². The molecule has 2 atom stereocenters. The molecule has 6 heteroatoms. The number of nitrogens with one attached hydrogen (secondary N) is 2. The topological polar surface area (TPSA) is 63.2 Å². The Balaban J connectivity index is 1.49. The highest BCUT2D eigenvalue weighted by molar-refractivity contribution is 7.09. The number of amides is 2. The summed E-state index contributed by atoms with van der Waals surface area (Å²) >= 11 is 1.56. The summed E-state index contributed by atoms with van der Waals surface area (Å²) < 4.78 is 5.83. The summed E-state index contributed by atoms with van der Waals surface area (Å²) in [6.07, 6.45) is 1.70. The lowest BCUT2D eigenvalue weighted by Crippen LogP contribution is -2.44. The van der Waals surface area contributed by atoms with Crippen LogP contribution in [0.4, 0.5) is 4.79 Å². The number of thiazole rings is 1. The van der Waals surface area contributed by atoms with E-state index in [1.807, 2.05) is 25.1 Å². The van der Waals surface area contributed by atoms with Crippen LogP contribution in [0.15, 0.2) is 35.8 Å². The van der Waals surface area contributed by atoms with Gasteiger partial charge in [0.1, 0.15) is 0 Å². The summed E-state index contributed by atoms with van der Waals surface area (Å²) in [7, 11) is 0. The molecule has 0 saturated carbocycles. The first-order valence-corrected chi connectivity index (χ1v) is 8.70. The van der Waals surface area contributed by atoms with E-state index in [0.717, 1.165) is 23.4 Å². The molecule has 0 spiro atoms. The zero-order chi connectivity index (χ0) is 16.1. The lowest BCUT2D eigenvalue weighted by Gasteiger charge is -2.30. The molecule has 1 saturated heterocycles. The molecule has 23 heavy (non-hydrogen) atoms. The highest BCUT2D eigenvalue weighted by Crippen LogP contribution is 2.27. The predicted octanol–water partition coefficient (Wildman–Crippen LogP) is 3.17. The van der Waals surface area contributed by atoms with Gasteiger partial charge < -0.3 is 15.4 Å². The molecule has 2 amide bonds. The van der Waals surface area contributed by atoms with E-state index in [4.69, 9.17) is 4.74 Å². The molecule has 2 N–H and O–H groups in total. The normalized spacial score (nSPS) is 20.9. The predicted molar refractivity (Wildman–Crippen MR) is 90.4 cm³/mol. The Hall–Kier alpha value is -1.92. The Morgan fingerprint density at radius 1 is 1.39 bits per heavy atom. The minimum Gasteiger partial charge on any atom is -0.373 e. The first kappa shape index (κ1) is 16.0. The number of aromatic nitrogens is 1. The average molecular weight is 331 g/mol. The maximum Gasteiger partial charge on any atom is 0.315 e. The Morgan fingerprint density at radius 2 is 2.22 bits per heavy atom. The summed E-state index contributed by atoms with van der Waals surface area (Å²) in [4.78, 5) is 17.4. The molecule has 1 aromatic heterocycles. The Kier molecular flexibility index (Phi) is 5.25. The van der Waals surface area contributed by atoms with Gasteiger partial charge >= 0.3 is 6.03 Å². The summed E-state index contributed by atoms with van der Waals surface area (Å²) in [6, 6.07) is 10.2. The van der Waals surface area contributed by atoms with Gasteiger partial charge in [-0.1, -0.05) is 30.3 Å². The van der Waals surface area contributed by atoms with Gasteiger partial charge in [-0.05, 0) is 25.3 Å². The van der Waals surface area contributed by atoms with Crippen molar-refractivity contribution in [1.29, 1.82) is 0 Å². The van der Waals surface area contributed by atoms with Gasteiger partial charge in [-0.2, -0.15) is 0 Å². The molecule has 1 fully saturated rings. The Bertz CT molecular complexity index is 644. The average Bonchev–Trinajstić information content (AvgIpc) is 2.99. The fraction of sp³-hybridized carbons (Fsp3) is 0.412. The molecule has 1 aliphatic rings. The third kappa shape index (κ3) is 4.30. The van der Waals surface area contributed by atoms with Gasteiger partial charge in [0.25, 0.3) is 0 Å². The number of carbonyl (C=O) groups is 1. The smallest absolute Gasteiger partial charge is 0.315 e. The van der Waals surface area contributed by atoms with E-state index in [1.165, 1.54) is 5.56 Å². The lowest BCUT2D eigenvalue weighted by molar-refractivity contribution is 0.00226. The van der Waals surface area contributed by atoms with E-state index < -0.39 is 0 Å². The largest absolute Gasteiger partial charge is 0.373 e. The van der Waals surface area contributed by atoms with Crippen LogP contribution in [0.1, 0.15) is 35.1 Å². The van der Waals surface area contributed by atoms with Gasteiger partial charge in [0.05, 0.1) is 23.9 Å². The molecule has 0 bridgehead atoms. The number of hydrogen-bond acceptors (Lipinski definition) is 4. The first-order valence-electron chi connectivity index (χ1n) is 7.82. The minimum atomic E-state index is -0.128. The van der Waals surface area contributed by atoms with Crippen LogP contribution in [-0.4, -0.2) is 23.7 Å². The van der Waals surface area contributed by atoms with Crippen molar-refractivity contribution in [3.8, 4) is 0 Å². The molecule has 2 aromatic rings. The van der Waals surface area contributed by atoms with Crippen molar-refractivity contribution in [2.45, 2.75) is 38.5 Å². The Morgan fingerprint density at radius 3 is 2.96 bits per heavy atom. The van der Waals surface area contributed by atoms with E-state index in [0.29, 0.717) is 13.2 Å². The highest BCUT2D eigenvalue weighted by Gasteiger charge is 2.24. The zero-order valence-corrected chi connectivity index (χ0v) is 13.9. The molecular formula is C17H21N3O2S. The SMILES string of the molecule is Cc1ncsc1CNC(=O)NC1CCOC(c2ccccc2)C1. The molecular weight excluding hydrogens is 310 g/mol. The number of aryl methyl sites for hydroxylation is 1. The van der Waals surface area contributed by atoms with E-state index in [-0.39, 0.29) is 18.2 Å². The number of ether oxygens (including phenoxy) is 1. The van der Waals surface area contributed by atoms with Crippen LogP contribution >= 0.6 is 11.3 Å². The zero-order valence-electron chi connectivity index (χ0n) is 13.1. The van der Waals surface area contributed by atoms with Crippen LogP contribution in [0.3, 0.4) is 0 Å². The number of rotatable bonds is 4. The Labute approximate surface area is 140 Å². The molecule has 2 heterocycles. The fourth-order valence-electron chi connectivity index (χ4n) is 2.72. The summed E-state index contributed by atoms with van der Waals surface area (Å²) in [5.41, 5.74) is 3.94. The van der Waals surface area contributed by atoms with Crippen LogP contribution in [0.25, 0.3) is 0 Å². The van der Waals surface area contributed by atoms with Crippen molar-refractivity contribution in [2.75, 3.05) is 6.61 Å². The summed E-state index contributed by atoms with van der Waals surface area (Å²) in [6.45, 7) is 3.14. The van der Waals surface area contributed by atoms with Crippen molar-refractivity contribution < 1.29 is 9.53 Å². The summed E-state index contributed by atoms with van der Waals surface area (Å²) in [5, 5.41) is 5.96. The van der Waals surface area contributed by atoms with Gasteiger partial charge in [-0.15, -0.1) is 11.3 Å². The quantitative estimate of drug-likeness (QED) is 0.904. The van der Waals surface area contributed by atoms with Gasteiger partial charge in [0.2, 0.25) is 0 Å². The van der Waals surface area contributed by atoms with Crippen molar-refractivity contribution >= 4 is 17.4 Å². The molecule has 0 radical (unpaired) electrons. The molecule has 2 unspecified atom stereocenters. The van der Waals surface area contributed by atoms with Gasteiger partial charge in [0, 0.05) is 17.5 Å². The maximum absolute atomic E-state index is 12.1. The standard InChI is InChI=1S/C17H21N3O2S/c1-12-16(23-11-19-12)10-18-17(21)20-14-7-8-22-15(9-14)13-5-3-2-4-6-13/h2-6,11,14-15H,7-10H2,1H3,(H2,18,20,21). The first-order chi connectivity index (χ1) is 11.2. The third-order valence-electron chi connectivity index (χ3n) is 4.04. The van der Waals surface area contributed by atoms with Crippen LogP contribution in [0, 0.1) is 6.92 Å². The number of nitrogens with zero attached hydrogens (tertiary/aromatic N) is 1. The van der Waals surface area contributed by atoms with Gasteiger partial charge in [-0.3, -0.25) is 0 Å². The number of benzene rings is 1. The van der Waals surface area contributed by atoms with Crippen LogP contribution in [0.2, 0.25) is 0 Å². The van der Waals surface area contributed by atoms with Crippen molar-refractivity contribution in [1.82, 2.24) is 15.6 Å². The van der Waals surface area contributed by atoms with Gasteiger partial charge in [0.15, 0.2) is 0 Å². The fourth-order valence-corrected chi connectivity index (χ4v) is 3.44. The summed E-state index contributed by atoms with van der Waals surface area (Å²) in [5.74, 6) is 0.